The minimum atomic E-state index is 0.358. The first-order valence-electron chi connectivity index (χ1n) is 10.3. The topological polar surface area (TPSA) is 36.9 Å². The van der Waals surface area contributed by atoms with Gasteiger partial charge in [0, 0.05) is 13.2 Å². The van der Waals surface area contributed by atoms with Crippen LogP contribution in [-0.2, 0) is 18.9 Å². The predicted octanol–water partition coefficient (Wildman–Crippen LogP) is 4.50. The van der Waals surface area contributed by atoms with Crippen LogP contribution in [-0.4, -0.2) is 50.8 Å². The zero-order valence-corrected chi connectivity index (χ0v) is 15.8. The van der Waals surface area contributed by atoms with E-state index in [2.05, 4.69) is 13.8 Å². The van der Waals surface area contributed by atoms with E-state index in [1.165, 1.54) is 38.5 Å². The maximum Gasteiger partial charge on any atom is 0.0704 e. The van der Waals surface area contributed by atoms with Crippen LogP contribution in [0, 0.1) is 0 Å². The maximum absolute atomic E-state index is 6.04. The summed E-state index contributed by atoms with van der Waals surface area (Å²) in [6.45, 7) is 7.51. The van der Waals surface area contributed by atoms with Crippen molar-refractivity contribution in [3.8, 4) is 0 Å². The molecule has 0 heterocycles. The summed E-state index contributed by atoms with van der Waals surface area (Å²) in [5.74, 6) is 0. The van der Waals surface area contributed by atoms with Gasteiger partial charge in [0.1, 0.15) is 0 Å². The summed E-state index contributed by atoms with van der Waals surface area (Å²) in [5.41, 5.74) is 0. The molecule has 4 nitrogen and oxygen atoms in total. The van der Waals surface area contributed by atoms with Crippen LogP contribution in [0.3, 0.4) is 0 Å². The van der Waals surface area contributed by atoms with Crippen LogP contribution in [0.1, 0.15) is 78.1 Å². The van der Waals surface area contributed by atoms with Gasteiger partial charge in [-0.15, -0.1) is 0 Å². The Bertz CT molecular complexity index is 280. The zero-order valence-electron chi connectivity index (χ0n) is 15.8. The zero-order chi connectivity index (χ0) is 17.0. The molecule has 0 radical (unpaired) electrons. The van der Waals surface area contributed by atoms with Crippen molar-refractivity contribution >= 4 is 0 Å². The fraction of sp³-hybridized carbons (Fsp3) is 1.00. The third kappa shape index (κ3) is 7.81. The van der Waals surface area contributed by atoms with Crippen molar-refractivity contribution in [2.24, 2.45) is 0 Å². The summed E-state index contributed by atoms with van der Waals surface area (Å²) in [4.78, 5) is 0. The van der Waals surface area contributed by atoms with E-state index in [0.29, 0.717) is 37.6 Å². The smallest absolute Gasteiger partial charge is 0.0704 e. The number of hydrogen-bond acceptors (Lipinski definition) is 4. The molecule has 0 aromatic rings. The molecule has 2 saturated carbocycles. The van der Waals surface area contributed by atoms with Crippen LogP contribution < -0.4 is 0 Å². The Kier molecular flexibility index (Phi) is 10.3. The maximum atomic E-state index is 6.04. The molecular weight excluding hydrogens is 304 g/mol. The second kappa shape index (κ2) is 12.2. The average molecular weight is 343 g/mol. The lowest BCUT2D eigenvalue weighted by Crippen LogP contribution is -2.31. The predicted molar refractivity (Wildman–Crippen MR) is 96.5 cm³/mol. The van der Waals surface area contributed by atoms with Crippen LogP contribution in [0.5, 0.6) is 0 Å². The van der Waals surface area contributed by atoms with Gasteiger partial charge in [-0.3, -0.25) is 0 Å². The summed E-state index contributed by atoms with van der Waals surface area (Å²) in [7, 11) is 0. The van der Waals surface area contributed by atoms with E-state index in [9.17, 15) is 0 Å². The SMILES string of the molecule is CCCOC1CCCC(OCCOC2CCCC(OCCC)C2)C1. The van der Waals surface area contributed by atoms with E-state index in [0.717, 1.165) is 38.9 Å². The lowest BCUT2D eigenvalue weighted by atomic mass is 9.94. The molecule has 0 saturated heterocycles. The van der Waals surface area contributed by atoms with E-state index in [1.54, 1.807) is 0 Å². The van der Waals surface area contributed by atoms with Crippen molar-refractivity contribution in [3.63, 3.8) is 0 Å². The summed E-state index contributed by atoms with van der Waals surface area (Å²) in [6, 6.07) is 0. The first-order valence-corrected chi connectivity index (χ1v) is 10.3. The molecular formula is C20H38O4. The molecule has 0 bridgehead atoms. The van der Waals surface area contributed by atoms with Crippen LogP contribution in [0.25, 0.3) is 0 Å². The molecule has 2 rings (SSSR count). The van der Waals surface area contributed by atoms with Gasteiger partial charge in [0.15, 0.2) is 0 Å². The first-order chi connectivity index (χ1) is 11.8. The lowest BCUT2D eigenvalue weighted by molar-refractivity contribution is -0.0821. The molecule has 4 atom stereocenters. The second-order valence-corrected chi connectivity index (χ2v) is 7.30. The number of rotatable bonds is 11. The largest absolute Gasteiger partial charge is 0.378 e. The van der Waals surface area contributed by atoms with Crippen molar-refractivity contribution in [1.82, 2.24) is 0 Å². The van der Waals surface area contributed by atoms with Gasteiger partial charge in [0.2, 0.25) is 0 Å². The summed E-state index contributed by atoms with van der Waals surface area (Å²) >= 11 is 0. The van der Waals surface area contributed by atoms with E-state index in [-0.39, 0.29) is 0 Å². The highest BCUT2D eigenvalue weighted by Gasteiger charge is 2.24. The van der Waals surface area contributed by atoms with E-state index in [1.807, 2.05) is 0 Å². The van der Waals surface area contributed by atoms with Crippen molar-refractivity contribution < 1.29 is 18.9 Å². The summed E-state index contributed by atoms with van der Waals surface area (Å²) < 4.78 is 23.8. The molecule has 0 N–H and O–H groups in total. The third-order valence-electron chi connectivity index (χ3n) is 5.06. The molecule has 4 unspecified atom stereocenters. The van der Waals surface area contributed by atoms with Crippen LogP contribution in [0.2, 0.25) is 0 Å². The monoisotopic (exact) mass is 342 g/mol. The van der Waals surface area contributed by atoms with E-state index < -0.39 is 0 Å². The van der Waals surface area contributed by atoms with Gasteiger partial charge in [-0.1, -0.05) is 13.8 Å². The van der Waals surface area contributed by atoms with E-state index in [4.69, 9.17) is 18.9 Å². The number of hydrogen-bond donors (Lipinski definition) is 0. The van der Waals surface area contributed by atoms with Gasteiger partial charge in [-0.2, -0.15) is 0 Å². The molecule has 0 spiro atoms. The Hall–Kier alpha value is -0.160. The van der Waals surface area contributed by atoms with Crippen molar-refractivity contribution in [2.45, 2.75) is 102 Å². The van der Waals surface area contributed by atoms with Gasteiger partial charge >= 0.3 is 0 Å². The molecule has 24 heavy (non-hydrogen) atoms. The van der Waals surface area contributed by atoms with Gasteiger partial charge in [0.05, 0.1) is 37.6 Å². The normalized spacial score (nSPS) is 31.2. The standard InChI is InChI=1S/C20H38O4/c1-3-11-21-17-7-5-9-19(15-17)23-13-14-24-20-10-6-8-18(16-20)22-12-4-2/h17-20H,3-16H2,1-2H3. The van der Waals surface area contributed by atoms with Crippen molar-refractivity contribution in [3.05, 3.63) is 0 Å². The Labute approximate surface area is 148 Å². The minimum Gasteiger partial charge on any atom is -0.378 e. The second-order valence-electron chi connectivity index (χ2n) is 7.30. The van der Waals surface area contributed by atoms with Gasteiger partial charge in [-0.05, 0) is 64.2 Å². The highest BCUT2D eigenvalue weighted by molar-refractivity contribution is 4.75. The third-order valence-corrected chi connectivity index (χ3v) is 5.06. The summed E-state index contributed by atoms with van der Waals surface area (Å²) in [6.07, 6.45) is 13.0. The fourth-order valence-electron chi connectivity index (χ4n) is 3.81. The Morgan fingerprint density at radius 3 is 1.21 bits per heavy atom. The van der Waals surface area contributed by atoms with Crippen LogP contribution in [0.4, 0.5) is 0 Å². The minimum absolute atomic E-state index is 0.358. The molecule has 2 aliphatic rings. The Balaban J connectivity index is 1.54. The lowest BCUT2D eigenvalue weighted by Gasteiger charge is -2.30. The van der Waals surface area contributed by atoms with E-state index >= 15 is 0 Å². The molecule has 2 fully saturated rings. The molecule has 0 amide bonds. The van der Waals surface area contributed by atoms with Crippen molar-refractivity contribution in [1.29, 1.82) is 0 Å². The molecule has 142 valence electrons. The van der Waals surface area contributed by atoms with Gasteiger partial charge in [-0.25, -0.2) is 0 Å². The molecule has 0 aromatic heterocycles. The Morgan fingerprint density at radius 2 is 0.875 bits per heavy atom. The number of ether oxygens (including phenoxy) is 4. The van der Waals surface area contributed by atoms with Crippen LogP contribution in [0.15, 0.2) is 0 Å². The van der Waals surface area contributed by atoms with Crippen LogP contribution >= 0.6 is 0 Å². The molecule has 2 aliphatic carbocycles. The summed E-state index contributed by atoms with van der Waals surface area (Å²) in [5, 5.41) is 0. The molecule has 0 aromatic carbocycles. The molecule has 0 aliphatic heterocycles. The highest BCUT2D eigenvalue weighted by atomic mass is 16.5. The quantitative estimate of drug-likeness (QED) is 0.518. The Morgan fingerprint density at radius 1 is 0.542 bits per heavy atom. The van der Waals surface area contributed by atoms with Crippen molar-refractivity contribution in [2.75, 3.05) is 26.4 Å². The fourth-order valence-corrected chi connectivity index (χ4v) is 3.81. The molecule has 4 heteroatoms. The first kappa shape index (κ1) is 20.2. The van der Waals surface area contributed by atoms with Gasteiger partial charge in [0.25, 0.3) is 0 Å². The highest BCUT2D eigenvalue weighted by Crippen LogP contribution is 2.25. The average Bonchev–Trinajstić information content (AvgIpc) is 2.62. The van der Waals surface area contributed by atoms with Gasteiger partial charge < -0.3 is 18.9 Å².